The molecule has 12 saturated carbocycles. The number of aliphatic hydroxyl groups is 3. The fraction of sp³-hybridized carbons (Fsp3) is 0.922. The lowest BCUT2D eigenvalue weighted by atomic mass is 9.44. The fourth-order valence-corrected chi connectivity index (χ4v) is 25.9. The zero-order chi connectivity index (χ0) is 65.1. The third kappa shape index (κ3) is 14.2. The number of fused-ring (bicyclic) bond motifs is 15. The van der Waals surface area contributed by atoms with E-state index < -0.39 is 16.8 Å². The molecular formula is C77H132BrN11O6. The summed E-state index contributed by atoms with van der Waals surface area (Å²) in [4.78, 5) is 40.5. The van der Waals surface area contributed by atoms with Gasteiger partial charge in [0.15, 0.2) is 17.4 Å². The van der Waals surface area contributed by atoms with Crippen molar-refractivity contribution in [2.75, 3.05) is 11.9 Å². The van der Waals surface area contributed by atoms with Crippen molar-refractivity contribution in [2.24, 2.45) is 137 Å². The number of carbonyl (C=O) groups is 3. The predicted molar refractivity (Wildman–Crippen MR) is 381 cm³/mol. The first-order valence-electron chi connectivity index (χ1n) is 36.6. The molecule has 538 valence electrons. The molecular weight excluding hydrogens is 1250 g/mol. The molecule has 13 aliphatic rings. The van der Waals surface area contributed by atoms with Crippen molar-refractivity contribution in [3.8, 4) is 0 Å². The first-order chi connectivity index (χ1) is 42.9. The average Bonchev–Trinajstić information content (AvgIpc) is 1.69. The van der Waals surface area contributed by atoms with Gasteiger partial charge in [0, 0.05) is 17.8 Å². The number of hydrogen-bond acceptors (Lipinski definition) is 15. The molecule has 0 radical (unpaired) electrons. The summed E-state index contributed by atoms with van der Waals surface area (Å²) in [6, 6.07) is 0. The highest BCUT2D eigenvalue weighted by Crippen LogP contribution is 2.72. The lowest BCUT2D eigenvalue weighted by Crippen LogP contribution is -2.55. The third-order valence-electron chi connectivity index (χ3n) is 30.6. The van der Waals surface area contributed by atoms with Crippen LogP contribution in [0.1, 0.15) is 284 Å². The van der Waals surface area contributed by atoms with Crippen LogP contribution >= 0.6 is 15.9 Å². The van der Waals surface area contributed by atoms with Crippen LogP contribution in [0.15, 0.2) is 15.4 Å². The van der Waals surface area contributed by atoms with Crippen LogP contribution in [0, 0.1) is 135 Å². The first kappa shape index (κ1) is 77.5. The van der Waals surface area contributed by atoms with E-state index in [4.69, 9.17) is 0 Å². The minimum atomic E-state index is -0.473. The molecule has 1 aliphatic heterocycles. The Labute approximate surface area is 582 Å². The molecule has 0 saturated heterocycles. The van der Waals surface area contributed by atoms with Crippen LogP contribution in [0.2, 0.25) is 0 Å². The summed E-state index contributed by atoms with van der Waals surface area (Å²) in [7, 11) is 0. The third-order valence-corrected chi connectivity index (χ3v) is 31.2. The predicted octanol–water partition coefficient (Wildman–Crippen LogP) is 16.7. The number of Topliss-reactive ketones (excluding diaryl/α,β-unsaturated/α-hetero) is 3. The minimum absolute atomic E-state index is 0. The minimum Gasteiger partial charge on any atom is -0.390 e. The zero-order valence-corrected chi connectivity index (χ0v) is 59.5. The van der Waals surface area contributed by atoms with E-state index in [1.54, 1.807) is 4.68 Å². The second kappa shape index (κ2) is 28.7. The Morgan fingerprint density at radius 2 is 0.832 bits per heavy atom. The van der Waals surface area contributed by atoms with Crippen molar-refractivity contribution in [2.45, 2.75) is 316 Å². The standard InChI is InChI=1S/2C24H38N4O2.C22H35BrO2.C3H5N3.4CH4/c1-15-25-26-27-28(15)14-21(29)20-8-7-18-17-6-5-16-13-22(2,30)11-12-23(16,3)19(17)9-10-24(18,20)4;1-15-25-27-28(26-15)14-21(29)20-8-7-18-17-6-5-16-13-22(2,30)11-12-23(16,3)19(17)9-10-24(18,20)4;1-20(25)10-11-21(2)14(12-20)4-5-15-16-6-7-18(19(24)13-23)22(16,3)9-8-17(15)21;1-3-2-4-6-5-3;;;;/h2*16-20,30H,5-14H2,1-4H3;14-18,25H,4-13H2,1-3H3;2H2,1H3;4*1H4/t2*16-,17-,18-,19-,20+,22+,23-,24-;14-,15-,16-,17-,18+,20+,21-,22-;;;;;/m000...../s1. The Balaban J connectivity index is 0.000000172. The van der Waals surface area contributed by atoms with Crippen LogP contribution in [0.25, 0.3) is 0 Å². The molecule has 0 spiro atoms. The van der Waals surface area contributed by atoms with Crippen LogP contribution in [-0.2, 0) is 27.5 Å². The van der Waals surface area contributed by atoms with E-state index >= 15 is 0 Å². The van der Waals surface area contributed by atoms with Gasteiger partial charge in [0.2, 0.25) is 0 Å². The fourth-order valence-electron chi connectivity index (χ4n) is 25.5. The Morgan fingerprint density at radius 1 is 0.453 bits per heavy atom. The van der Waals surface area contributed by atoms with Crippen LogP contribution in [-0.4, -0.2) is 107 Å². The highest BCUT2D eigenvalue weighted by Gasteiger charge is 2.65. The Bertz CT molecular complexity index is 3070. The number of alkyl halides is 1. The monoisotopic (exact) mass is 1390 g/mol. The largest absolute Gasteiger partial charge is 0.390 e. The van der Waals surface area contributed by atoms with Crippen LogP contribution in [0.3, 0.4) is 0 Å². The van der Waals surface area contributed by atoms with Crippen molar-refractivity contribution in [1.29, 1.82) is 0 Å². The molecule has 3 N–H and O–H groups in total. The molecule has 12 aliphatic carbocycles. The van der Waals surface area contributed by atoms with Gasteiger partial charge in [0.1, 0.15) is 31.2 Å². The SMILES string of the molecule is C.C.C.C.CC1=NN=NC1.C[C@@]1(O)CC[C@@]2(C)[C@@H](CC[C@@H]3[C@@H]2CC[C@]2(C)[C@@H](C(=O)CBr)CC[C@@H]32)C1.Cc1nnn(CC(=O)[C@H]2CC[C@H]3[C@@H]4CC[C@H]5C[C@](C)(O)CC[C@]5(C)[C@H]4CC[C@]23C)n1.Cc1nnnn1CC(=O)[C@H]1CC[C@H]2[C@@H]3CC[C@H]4C[C@](C)(O)CC[C@]4(C)[C@H]3CC[C@]12C. The number of nitrogens with zero attached hydrogens (tertiary/aromatic N) is 11. The molecule has 2 aromatic heterocycles. The van der Waals surface area contributed by atoms with Crippen molar-refractivity contribution < 1.29 is 29.7 Å². The summed E-state index contributed by atoms with van der Waals surface area (Å²) in [5, 5.41) is 66.9. The molecule has 12 fully saturated rings. The summed E-state index contributed by atoms with van der Waals surface area (Å²) in [6.07, 6.45) is 31.2. The number of tetrazole rings is 2. The number of halogens is 1. The van der Waals surface area contributed by atoms with Crippen LogP contribution in [0.5, 0.6) is 0 Å². The molecule has 15 rings (SSSR count). The molecule has 24 atom stereocenters. The van der Waals surface area contributed by atoms with Gasteiger partial charge in [0.25, 0.3) is 0 Å². The number of aryl methyl sites for hydroxylation is 2. The number of ketones is 3. The molecule has 0 bridgehead atoms. The van der Waals surface area contributed by atoms with E-state index in [-0.39, 0.29) is 70.3 Å². The lowest BCUT2D eigenvalue weighted by Gasteiger charge is -2.61. The van der Waals surface area contributed by atoms with E-state index in [9.17, 15) is 29.7 Å². The first-order valence-corrected chi connectivity index (χ1v) is 37.7. The van der Waals surface area contributed by atoms with Gasteiger partial charge >= 0.3 is 0 Å². The lowest BCUT2D eigenvalue weighted by molar-refractivity contribution is -0.151. The van der Waals surface area contributed by atoms with Gasteiger partial charge in [-0.3, -0.25) is 14.4 Å². The number of aromatic nitrogens is 8. The van der Waals surface area contributed by atoms with Gasteiger partial charge in [-0.2, -0.15) is 9.91 Å². The summed E-state index contributed by atoms with van der Waals surface area (Å²) in [5.74, 6) is 11.7. The normalized spacial score (nSPS) is 46.0. The van der Waals surface area contributed by atoms with Gasteiger partial charge in [-0.05, 0) is 339 Å². The molecule has 3 heterocycles. The molecule has 0 unspecified atom stereocenters. The second-order valence-corrected chi connectivity index (χ2v) is 36.2. The van der Waals surface area contributed by atoms with E-state index in [1.165, 1.54) is 101 Å². The van der Waals surface area contributed by atoms with Crippen molar-refractivity contribution >= 4 is 39.0 Å². The zero-order valence-electron chi connectivity index (χ0n) is 57.9. The van der Waals surface area contributed by atoms with Gasteiger partial charge in [-0.25, -0.2) is 4.68 Å². The van der Waals surface area contributed by atoms with Crippen LogP contribution < -0.4 is 0 Å². The van der Waals surface area contributed by atoms with Crippen molar-refractivity contribution in [1.82, 2.24) is 40.4 Å². The van der Waals surface area contributed by atoms with Crippen LogP contribution in [0.4, 0.5) is 0 Å². The van der Waals surface area contributed by atoms with Gasteiger partial charge in [-0.15, -0.1) is 20.4 Å². The maximum Gasteiger partial charge on any atom is 0.171 e. The van der Waals surface area contributed by atoms with Gasteiger partial charge < -0.3 is 15.3 Å². The molecule has 17 nitrogen and oxygen atoms in total. The Kier molecular flexibility index (Phi) is 23.4. The Morgan fingerprint density at radius 3 is 1.15 bits per heavy atom. The highest BCUT2D eigenvalue weighted by atomic mass is 79.9. The smallest absolute Gasteiger partial charge is 0.171 e. The van der Waals surface area contributed by atoms with Gasteiger partial charge in [-0.1, -0.05) is 87.2 Å². The molecule has 95 heavy (non-hydrogen) atoms. The number of carbonyl (C=O) groups excluding carboxylic acids is 3. The maximum absolute atomic E-state index is 13.3. The molecule has 0 aromatic carbocycles. The van der Waals surface area contributed by atoms with E-state index in [0.29, 0.717) is 93.3 Å². The quantitative estimate of drug-likeness (QED) is 0.209. The highest BCUT2D eigenvalue weighted by molar-refractivity contribution is 9.09. The second-order valence-electron chi connectivity index (χ2n) is 35.6. The summed E-state index contributed by atoms with van der Waals surface area (Å²) < 4.78 is 1.66. The molecule has 2 aromatic rings. The van der Waals surface area contributed by atoms with Crippen molar-refractivity contribution in [3.05, 3.63) is 11.6 Å². The van der Waals surface area contributed by atoms with E-state index in [1.807, 2.05) is 41.5 Å². The summed E-state index contributed by atoms with van der Waals surface area (Å²) >= 11 is 3.43. The van der Waals surface area contributed by atoms with E-state index in [2.05, 4.69) is 104 Å². The number of hydrogen-bond donors (Lipinski definition) is 3. The molecule has 0 amide bonds. The summed E-state index contributed by atoms with van der Waals surface area (Å²) in [6.45, 7) is 27.8. The Hall–Kier alpha value is -3.22. The summed E-state index contributed by atoms with van der Waals surface area (Å²) in [5.41, 5.74) is 1.27. The topological polar surface area (TPSA) is 236 Å². The number of rotatable bonds is 8. The van der Waals surface area contributed by atoms with Crippen molar-refractivity contribution in [3.63, 3.8) is 0 Å². The van der Waals surface area contributed by atoms with E-state index in [0.717, 1.165) is 124 Å². The van der Waals surface area contributed by atoms with Gasteiger partial charge in [0.05, 0.1) is 27.8 Å². The molecule has 18 heteroatoms. The average molecular weight is 1390 g/mol. The maximum atomic E-state index is 13.3.